The predicted octanol–water partition coefficient (Wildman–Crippen LogP) is 1.09. The van der Waals surface area contributed by atoms with Crippen LogP contribution in [0.4, 0.5) is 4.79 Å². The average Bonchev–Trinajstić information content (AvgIpc) is 2.35. The molecule has 0 aliphatic heterocycles. The summed E-state index contributed by atoms with van der Waals surface area (Å²) in [5.41, 5.74) is 5.99. The molecule has 1 aromatic rings. The molecule has 6 nitrogen and oxygen atoms in total. The smallest absolute Gasteiger partial charge is 0.408 e. The Morgan fingerprint density at radius 1 is 1.39 bits per heavy atom. The second-order valence-electron chi connectivity index (χ2n) is 3.47. The van der Waals surface area contributed by atoms with Gasteiger partial charge in [-0.05, 0) is 17.7 Å². The van der Waals surface area contributed by atoms with E-state index in [2.05, 4.69) is 21.2 Å². The molecular weight excluding hydrogens is 304 g/mol. The predicted molar refractivity (Wildman–Crippen MR) is 67.9 cm³/mol. The Labute approximate surface area is 112 Å². The molecular formula is C11H13BrN2O4. The van der Waals surface area contributed by atoms with Crippen molar-refractivity contribution in [2.75, 3.05) is 6.54 Å². The maximum atomic E-state index is 11.3. The van der Waals surface area contributed by atoms with Crippen molar-refractivity contribution in [3.63, 3.8) is 0 Å². The topological polar surface area (TPSA) is 102 Å². The van der Waals surface area contributed by atoms with Crippen molar-refractivity contribution < 1.29 is 19.4 Å². The highest BCUT2D eigenvalue weighted by Crippen LogP contribution is 2.11. The van der Waals surface area contributed by atoms with Crippen LogP contribution in [0.15, 0.2) is 28.7 Å². The maximum absolute atomic E-state index is 11.3. The van der Waals surface area contributed by atoms with Gasteiger partial charge in [0.1, 0.15) is 12.6 Å². The van der Waals surface area contributed by atoms with E-state index in [1.807, 2.05) is 12.1 Å². The number of aliphatic carboxylic acids is 1. The molecule has 0 radical (unpaired) electrons. The van der Waals surface area contributed by atoms with Crippen molar-refractivity contribution in [3.8, 4) is 0 Å². The molecule has 1 atom stereocenters. The van der Waals surface area contributed by atoms with Crippen LogP contribution in [0.25, 0.3) is 0 Å². The van der Waals surface area contributed by atoms with Gasteiger partial charge in [0.05, 0.1) is 0 Å². The summed E-state index contributed by atoms with van der Waals surface area (Å²) in [7, 11) is 0. The monoisotopic (exact) mass is 316 g/mol. The van der Waals surface area contributed by atoms with Crippen LogP contribution in [0.2, 0.25) is 0 Å². The fourth-order valence-corrected chi connectivity index (χ4v) is 1.40. The largest absolute Gasteiger partial charge is 0.480 e. The summed E-state index contributed by atoms with van der Waals surface area (Å²) < 4.78 is 5.79. The normalized spacial score (nSPS) is 11.7. The number of hydrogen-bond donors (Lipinski definition) is 3. The molecule has 0 saturated heterocycles. The van der Waals surface area contributed by atoms with Crippen LogP contribution >= 0.6 is 15.9 Å². The Bertz CT molecular complexity index is 422. The number of carboxylic acids is 1. The third-order valence-corrected chi connectivity index (χ3v) is 2.64. The number of rotatable bonds is 5. The number of benzene rings is 1. The van der Waals surface area contributed by atoms with Gasteiger partial charge < -0.3 is 20.9 Å². The second kappa shape index (κ2) is 6.97. The molecule has 7 heteroatoms. The van der Waals surface area contributed by atoms with Crippen molar-refractivity contribution in [2.45, 2.75) is 12.6 Å². The Balaban J connectivity index is 2.41. The van der Waals surface area contributed by atoms with Crippen molar-refractivity contribution in [2.24, 2.45) is 5.73 Å². The molecule has 18 heavy (non-hydrogen) atoms. The number of carbonyl (C=O) groups is 2. The first-order valence-electron chi connectivity index (χ1n) is 5.13. The first-order chi connectivity index (χ1) is 8.52. The number of ether oxygens (including phenoxy) is 1. The zero-order valence-corrected chi connectivity index (χ0v) is 11.0. The highest BCUT2D eigenvalue weighted by molar-refractivity contribution is 9.10. The van der Waals surface area contributed by atoms with Crippen LogP contribution in [0, 0.1) is 0 Å². The number of nitrogens with one attached hydrogen (secondary N) is 1. The van der Waals surface area contributed by atoms with Gasteiger partial charge in [0.2, 0.25) is 0 Å². The van der Waals surface area contributed by atoms with Gasteiger partial charge in [-0.1, -0.05) is 28.1 Å². The summed E-state index contributed by atoms with van der Waals surface area (Å²) in [6.45, 7) is -0.126. The number of hydrogen-bond acceptors (Lipinski definition) is 4. The van der Waals surface area contributed by atoms with Crippen LogP contribution in [-0.4, -0.2) is 29.8 Å². The molecule has 0 aliphatic carbocycles. The van der Waals surface area contributed by atoms with E-state index >= 15 is 0 Å². The van der Waals surface area contributed by atoms with E-state index in [4.69, 9.17) is 15.6 Å². The minimum Gasteiger partial charge on any atom is -0.480 e. The molecule has 1 amide bonds. The molecule has 98 valence electrons. The summed E-state index contributed by atoms with van der Waals surface area (Å²) >= 11 is 3.28. The summed E-state index contributed by atoms with van der Waals surface area (Å²) in [6, 6.07) is 6.07. The van der Waals surface area contributed by atoms with Gasteiger partial charge in [-0.15, -0.1) is 0 Å². The molecule has 0 aromatic heterocycles. The van der Waals surface area contributed by atoms with Crippen molar-refractivity contribution in [3.05, 3.63) is 34.3 Å². The zero-order chi connectivity index (χ0) is 13.5. The lowest BCUT2D eigenvalue weighted by Crippen LogP contribution is -2.45. The van der Waals surface area contributed by atoms with Gasteiger partial charge in [0.25, 0.3) is 0 Å². The summed E-state index contributed by atoms with van der Waals surface area (Å²) in [5.74, 6) is -1.20. The summed E-state index contributed by atoms with van der Waals surface area (Å²) in [6.07, 6.45) is -0.809. The van der Waals surface area contributed by atoms with Gasteiger partial charge in [-0.25, -0.2) is 9.59 Å². The number of halogens is 1. The zero-order valence-electron chi connectivity index (χ0n) is 9.43. The number of carbonyl (C=O) groups excluding carboxylic acids is 1. The van der Waals surface area contributed by atoms with Crippen LogP contribution in [0.1, 0.15) is 5.56 Å². The van der Waals surface area contributed by atoms with Crippen LogP contribution in [0.3, 0.4) is 0 Å². The van der Waals surface area contributed by atoms with Gasteiger partial charge in [-0.2, -0.15) is 0 Å². The Morgan fingerprint density at radius 2 is 2.00 bits per heavy atom. The molecule has 0 aliphatic rings. The quantitative estimate of drug-likeness (QED) is 0.754. The highest BCUT2D eigenvalue weighted by atomic mass is 79.9. The third-order valence-electron chi connectivity index (χ3n) is 2.11. The number of amides is 1. The van der Waals surface area contributed by atoms with Crippen molar-refractivity contribution in [1.29, 1.82) is 0 Å². The van der Waals surface area contributed by atoms with Crippen LogP contribution < -0.4 is 11.1 Å². The molecule has 0 spiro atoms. The highest BCUT2D eigenvalue weighted by Gasteiger charge is 2.18. The molecule has 1 rings (SSSR count). The molecule has 1 unspecified atom stereocenters. The first kappa shape index (κ1) is 14.5. The maximum Gasteiger partial charge on any atom is 0.408 e. The van der Waals surface area contributed by atoms with Crippen molar-refractivity contribution >= 4 is 28.0 Å². The minimum atomic E-state index is -1.20. The molecule has 0 fully saturated rings. The number of alkyl carbamates (subject to hydrolysis) is 1. The molecule has 0 saturated carbocycles. The first-order valence-corrected chi connectivity index (χ1v) is 5.93. The van der Waals surface area contributed by atoms with Gasteiger partial charge in [-0.3, -0.25) is 0 Å². The van der Waals surface area contributed by atoms with E-state index in [0.29, 0.717) is 0 Å². The lowest BCUT2D eigenvalue weighted by molar-refractivity contribution is -0.139. The van der Waals surface area contributed by atoms with E-state index in [-0.39, 0.29) is 13.2 Å². The van der Waals surface area contributed by atoms with Crippen molar-refractivity contribution in [1.82, 2.24) is 5.32 Å². The standard InChI is InChI=1S/C11H13BrN2O4/c12-8-3-1-7(2-4-8)6-18-11(17)14-9(5-13)10(15)16/h1-4,9H,5-6,13H2,(H,14,17)(H,15,16). The third kappa shape index (κ3) is 4.72. The lowest BCUT2D eigenvalue weighted by atomic mass is 10.2. The fraction of sp³-hybridized carbons (Fsp3) is 0.273. The number of carboxylic acid groups (broad SMARTS) is 1. The Kier molecular flexibility index (Phi) is 5.60. The van der Waals surface area contributed by atoms with Crippen LogP contribution in [0.5, 0.6) is 0 Å². The fourth-order valence-electron chi connectivity index (χ4n) is 1.13. The molecule has 0 heterocycles. The second-order valence-corrected chi connectivity index (χ2v) is 4.39. The molecule has 4 N–H and O–H groups in total. The van der Waals surface area contributed by atoms with E-state index in [0.717, 1.165) is 10.0 Å². The summed E-state index contributed by atoms with van der Waals surface area (Å²) in [5, 5.41) is 10.8. The average molecular weight is 317 g/mol. The van der Waals surface area contributed by atoms with Crippen LogP contribution in [-0.2, 0) is 16.1 Å². The summed E-state index contributed by atoms with van der Waals surface area (Å²) in [4.78, 5) is 21.9. The van der Waals surface area contributed by atoms with Gasteiger partial charge >= 0.3 is 12.1 Å². The van der Waals surface area contributed by atoms with E-state index < -0.39 is 18.1 Å². The Hall–Kier alpha value is -1.60. The van der Waals surface area contributed by atoms with Gasteiger partial charge in [0.15, 0.2) is 0 Å². The van der Waals surface area contributed by atoms with E-state index in [1.165, 1.54) is 0 Å². The Morgan fingerprint density at radius 3 is 2.50 bits per heavy atom. The molecule has 1 aromatic carbocycles. The molecule has 0 bridgehead atoms. The SMILES string of the molecule is NCC(NC(=O)OCc1ccc(Br)cc1)C(=O)O. The van der Waals surface area contributed by atoms with E-state index in [9.17, 15) is 9.59 Å². The van der Waals surface area contributed by atoms with Gasteiger partial charge in [0, 0.05) is 11.0 Å². The number of nitrogens with two attached hydrogens (primary N) is 1. The minimum absolute atomic E-state index is 0.0655. The van der Waals surface area contributed by atoms with E-state index in [1.54, 1.807) is 12.1 Å². The lowest BCUT2D eigenvalue weighted by Gasteiger charge is -2.12.